The number of carbonyl (C=O) groups is 1. The first kappa shape index (κ1) is 9.72. The maximum Gasteiger partial charge on any atom is 0.229 e. The Morgan fingerprint density at radius 2 is 2.31 bits per heavy atom. The van der Waals surface area contributed by atoms with Crippen LogP contribution >= 0.6 is 12.6 Å². The number of rotatable bonds is 1. The van der Waals surface area contributed by atoms with Gasteiger partial charge in [0, 0.05) is 30.6 Å². The van der Waals surface area contributed by atoms with Crippen molar-refractivity contribution >= 4 is 30.0 Å². The Bertz CT molecular complexity index is 551. The van der Waals surface area contributed by atoms with Crippen LogP contribution in [0.1, 0.15) is 6.42 Å². The molecule has 16 heavy (non-hydrogen) atoms. The predicted molar refractivity (Wildman–Crippen MR) is 64.9 cm³/mol. The van der Waals surface area contributed by atoms with E-state index >= 15 is 0 Å². The number of nitrogens with zero attached hydrogens (tertiary/aromatic N) is 3. The smallest absolute Gasteiger partial charge is 0.229 e. The standard InChI is InChI=1S/C11H11N3OS/c15-11-6-8(16)7-14(11)10-3-1-2-9-12-4-5-13(9)10/h1-5,8,16H,6-7H2. The third-order valence-electron chi connectivity index (χ3n) is 2.79. The molecule has 1 saturated heterocycles. The zero-order valence-electron chi connectivity index (χ0n) is 8.58. The summed E-state index contributed by atoms with van der Waals surface area (Å²) in [5.41, 5.74) is 0.855. The molecule has 1 aliphatic rings. The van der Waals surface area contributed by atoms with Crippen molar-refractivity contribution in [3.8, 4) is 0 Å². The van der Waals surface area contributed by atoms with Crippen LogP contribution in [0.2, 0.25) is 0 Å². The van der Waals surface area contributed by atoms with Crippen molar-refractivity contribution < 1.29 is 4.79 Å². The third kappa shape index (κ3) is 1.39. The Kier molecular flexibility index (Phi) is 2.14. The highest BCUT2D eigenvalue weighted by Crippen LogP contribution is 2.24. The summed E-state index contributed by atoms with van der Waals surface area (Å²) in [6, 6.07) is 5.76. The number of hydrogen-bond acceptors (Lipinski definition) is 3. The molecule has 0 N–H and O–H groups in total. The second-order valence-electron chi connectivity index (χ2n) is 3.90. The number of aromatic nitrogens is 2. The Labute approximate surface area is 98.3 Å². The highest BCUT2D eigenvalue weighted by Gasteiger charge is 2.29. The summed E-state index contributed by atoms with van der Waals surface area (Å²) in [6.07, 6.45) is 4.11. The zero-order chi connectivity index (χ0) is 11.1. The summed E-state index contributed by atoms with van der Waals surface area (Å²) in [4.78, 5) is 17.8. The van der Waals surface area contributed by atoms with E-state index in [0.29, 0.717) is 13.0 Å². The van der Waals surface area contributed by atoms with Crippen LogP contribution in [0.15, 0.2) is 30.6 Å². The van der Waals surface area contributed by atoms with E-state index < -0.39 is 0 Å². The van der Waals surface area contributed by atoms with Gasteiger partial charge in [-0.2, -0.15) is 12.6 Å². The lowest BCUT2D eigenvalue weighted by atomic mass is 10.4. The lowest BCUT2D eigenvalue weighted by Crippen LogP contribution is -2.26. The molecule has 1 fully saturated rings. The fourth-order valence-electron chi connectivity index (χ4n) is 2.06. The van der Waals surface area contributed by atoms with Gasteiger partial charge in [-0.3, -0.25) is 14.1 Å². The van der Waals surface area contributed by atoms with Crippen LogP contribution < -0.4 is 4.90 Å². The minimum atomic E-state index is 0.126. The molecule has 1 unspecified atom stereocenters. The number of carbonyl (C=O) groups excluding carboxylic acids is 1. The topological polar surface area (TPSA) is 37.6 Å². The van der Waals surface area contributed by atoms with Crippen LogP contribution in [-0.4, -0.2) is 27.1 Å². The molecule has 0 bridgehead atoms. The predicted octanol–water partition coefficient (Wildman–Crippen LogP) is 1.37. The largest absolute Gasteiger partial charge is 0.297 e. The van der Waals surface area contributed by atoms with E-state index in [2.05, 4.69) is 17.6 Å². The SMILES string of the molecule is O=C1CC(S)CN1c1cccc2nccn12. The van der Waals surface area contributed by atoms with Crippen LogP contribution in [0.3, 0.4) is 0 Å². The highest BCUT2D eigenvalue weighted by molar-refractivity contribution is 7.81. The summed E-state index contributed by atoms with van der Waals surface area (Å²) < 4.78 is 1.92. The van der Waals surface area contributed by atoms with E-state index in [1.165, 1.54) is 0 Å². The molecule has 1 aliphatic heterocycles. The summed E-state index contributed by atoms with van der Waals surface area (Å²) in [5, 5.41) is 0.131. The van der Waals surface area contributed by atoms with E-state index in [9.17, 15) is 4.79 Å². The molecule has 0 aliphatic carbocycles. The molecule has 3 heterocycles. The van der Waals surface area contributed by atoms with Gasteiger partial charge in [-0.25, -0.2) is 4.98 Å². The Hall–Kier alpha value is -1.49. The molecule has 1 atom stereocenters. The van der Waals surface area contributed by atoms with Crippen LogP contribution in [0.5, 0.6) is 0 Å². The maximum absolute atomic E-state index is 11.8. The average Bonchev–Trinajstić information content (AvgIpc) is 2.84. The molecule has 4 nitrogen and oxygen atoms in total. The summed E-state index contributed by atoms with van der Waals surface area (Å²) >= 11 is 4.35. The first-order chi connectivity index (χ1) is 7.75. The van der Waals surface area contributed by atoms with Gasteiger partial charge >= 0.3 is 0 Å². The summed E-state index contributed by atoms with van der Waals surface area (Å²) in [7, 11) is 0. The van der Waals surface area contributed by atoms with Crippen molar-refractivity contribution in [3.63, 3.8) is 0 Å². The van der Waals surface area contributed by atoms with Gasteiger partial charge in [0.25, 0.3) is 0 Å². The molecule has 0 radical (unpaired) electrons. The average molecular weight is 233 g/mol. The van der Waals surface area contributed by atoms with Gasteiger partial charge in [0.15, 0.2) is 0 Å². The Morgan fingerprint density at radius 3 is 3.06 bits per heavy atom. The zero-order valence-corrected chi connectivity index (χ0v) is 9.47. The molecule has 0 aromatic carbocycles. The van der Waals surface area contributed by atoms with E-state index in [1.807, 2.05) is 28.8 Å². The van der Waals surface area contributed by atoms with Gasteiger partial charge in [0.1, 0.15) is 11.5 Å². The van der Waals surface area contributed by atoms with Crippen molar-refractivity contribution in [1.29, 1.82) is 0 Å². The molecular weight excluding hydrogens is 222 g/mol. The van der Waals surface area contributed by atoms with E-state index in [1.54, 1.807) is 11.1 Å². The van der Waals surface area contributed by atoms with Gasteiger partial charge in [-0.05, 0) is 12.1 Å². The van der Waals surface area contributed by atoms with Gasteiger partial charge in [-0.15, -0.1) is 0 Å². The fraction of sp³-hybridized carbons (Fsp3) is 0.273. The molecule has 0 spiro atoms. The first-order valence-electron chi connectivity index (χ1n) is 5.16. The molecule has 1 amide bonds. The molecular formula is C11H11N3OS. The van der Waals surface area contributed by atoms with Gasteiger partial charge in [-0.1, -0.05) is 6.07 Å². The first-order valence-corrected chi connectivity index (χ1v) is 5.68. The highest BCUT2D eigenvalue weighted by atomic mass is 32.1. The van der Waals surface area contributed by atoms with Crippen LogP contribution in [0.25, 0.3) is 5.65 Å². The second-order valence-corrected chi connectivity index (χ2v) is 4.63. The van der Waals surface area contributed by atoms with Crippen LogP contribution in [0.4, 0.5) is 5.82 Å². The number of hydrogen-bond donors (Lipinski definition) is 1. The van der Waals surface area contributed by atoms with Gasteiger partial charge in [0.2, 0.25) is 5.91 Å². The number of fused-ring (bicyclic) bond motifs is 1. The molecule has 82 valence electrons. The lowest BCUT2D eigenvalue weighted by molar-refractivity contribution is -0.117. The molecule has 3 rings (SSSR count). The molecule has 2 aromatic rings. The Balaban J connectivity index is 2.12. The van der Waals surface area contributed by atoms with Crippen molar-refractivity contribution in [2.75, 3.05) is 11.4 Å². The van der Waals surface area contributed by atoms with E-state index in [-0.39, 0.29) is 11.2 Å². The number of imidazole rings is 1. The maximum atomic E-state index is 11.8. The van der Waals surface area contributed by atoms with Crippen molar-refractivity contribution in [3.05, 3.63) is 30.6 Å². The van der Waals surface area contributed by atoms with E-state index in [0.717, 1.165) is 11.5 Å². The minimum Gasteiger partial charge on any atom is -0.297 e. The van der Waals surface area contributed by atoms with Crippen LogP contribution in [-0.2, 0) is 4.79 Å². The Morgan fingerprint density at radius 1 is 1.44 bits per heavy atom. The van der Waals surface area contributed by atoms with Crippen LogP contribution in [0, 0.1) is 0 Å². The number of thiol groups is 1. The van der Waals surface area contributed by atoms with Gasteiger partial charge < -0.3 is 0 Å². The van der Waals surface area contributed by atoms with Crippen molar-refractivity contribution in [1.82, 2.24) is 9.38 Å². The summed E-state index contributed by atoms with van der Waals surface area (Å²) in [5.74, 6) is 0.998. The summed E-state index contributed by atoms with van der Waals surface area (Å²) in [6.45, 7) is 0.666. The third-order valence-corrected chi connectivity index (χ3v) is 3.13. The van der Waals surface area contributed by atoms with Crippen molar-refractivity contribution in [2.45, 2.75) is 11.7 Å². The second kappa shape index (κ2) is 3.52. The van der Waals surface area contributed by atoms with Gasteiger partial charge in [0.05, 0.1) is 0 Å². The number of pyridine rings is 1. The van der Waals surface area contributed by atoms with Crippen molar-refractivity contribution in [2.24, 2.45) is 0 Å². The number of anilines is 1. The lowest BCUT2D eigenvalue weighted by Gasteiger charge is -2.17. The fourth-order valence-corrected chi connectivity index (χ4v) is 2.38. The normalized spacial score (nSPS) is 20.9. The number of amides is 1. The van der Waals surface area contributed by atoms with E-state index in [4.69, 9.17) is 0 Å². The monoisotopic (exact) mass is 233 g/mol. The minimum absolute atomic E-state index is 0.126. The molecule has 2 aromatic heterocycles. The molecule has 5 heteroatoms. The molecule has 0 saturated carbocycles. The quantitative estimate of drug-likeness (QED) is 0.755.